The molecule has 0 spiro atoms. The summed E-state index contributed by atoms with van der Waals surface area (Å²) in [6.45, 7) is 6.96. The van der Waals surface area contributed by atoms with E-state index in [2.05, 4.69) is 36.9 Å². The highest BCUT2D eigenvalue weighted by molar-refractivity contribution is 5.67. The smallest absolute Gasteiger partial charge is 0.305 e. The molecular weight excluding hydrogens is 242 g/mol. The fourth-order valence-corrected chi connectivity index (χ4v) is 2.68. The van der Waals surface area contributed by atoms with Crippen molar-refractivity contribution in [2.24, 2.45) is 0 Å². The summed E-state index contributed by atoms with van der Waals surface area (Å²) in [5.41, 5.74) is 3.74. The van der Waals surface area contributed by atoms with Crippen LogP contribution in [-0.2, 0) is 16.1 Å². The molecule has 1 unspecified atom stereocenters. The predicted octanol–water partition coefficient (Wildman–Crippen LogP) is 1.98. The molecule has 1 aromatic carbocycles. The van der Waals surface area contributed by atoms with Gasteiger partial charge in [-0.25, -0.2) is 0 Å². The molecule has 1 aliphatic rings. The van der Waals surface area contributed by atoms with E-state index in [1.165, 1.54) is 16.7 Å². The largest absolute Gasteiger partial charge is 0.481 e. The second-order valence-electron chi connectivity index (χ2n) is 5.29. The zero-order chi connectivity index (χ0) is 13.8. The van der Waals surface area contributed by atoms with Crippen LogP contribution in [0.4, 0.5) is 0 Å². The van der Waals surface area contributed by atoms with E-state index in [9.17, 15) is 4.79 Å². The summed E-state index contributed by atoms with van der Waals surface area (Å²) in [7, 11) is 0. The molecule has 1 saturated heterocycles. The highest BCUT2D eigenvalue weighted by atomic mass is 16.5. The molecule has 0 radical (unpaired) electrons. The SMILES string of the molecule is Cc1cc(C)cc(CN2CCOCC2CC(=O)O)c1. The fourth-order valence-electron chi connectivity index (χ4n) is 2.68. The lowest BCUT2D eigenvalue weighted by Gasteiger charge is -2.34. The van der Waals surface area contributed by atoms with Crippen molar-refractivity contribution in [3.63, 3.8) is 0 Å². The van der Waals surface area contributed by atoms with Crippen molar-refractivity contribution >= 4 is 5.97 Å². The van der Waals surface area contributed by atoms with Crippen molar-refractivity contribution in [1.82, 2.24) is 4.90 Å². The number of nitrogens with zero attached hydrogens (tertiary/aromatic N) is 1. The summed E-state index contributed by atoms with van der Waals surface area (Å²) in [6.07, 6.45) is 0.144. The van der Waals surface area contributed by atoms with E-state index in [-0.39, 0.29) is 12.5 Å². The summed E-state index contributed by atoms with van der Waals surface area (Å²) in [6, 6.07) is 6.46. The first-order valence-corrected chi connectivity index (χ1v) is 6.65. The van der Waals surface area contributed by atoms with Gasteiger partial charge in [0.2, 0.25) is 0 Å². The average Bonchev–Trinajstić information content (AvgIpc) is 2.29. The van der Waals surface area contributed by atoms with Crippen LogP contribution < -0.4 is 0 Å². The Balaban J connectivity index is 2.08. The first-order chi connectivity index (χ1) is 9.04. The predicted molar refractivity (Wildman–Crippen MR) is 73.2 cm³/mol. The van der Waals surface area contributed by atoms with Crippen LogP contribution in [0.2, 0.25) is 0 Å². The second kappa shape index (κ2) is 6.17. The number of carbonyl (C=O) groups is 1. The van der Waals surface area contributed by atoms with E-state index in [0.29, 0.717) is 13.2 Å². The van der Waals surface area contributed by atoms with E-state index < -0.39 is 5.97 Å². The maximum absolute atomic E-state index is 10.9. The fraction of sp³-hybridized carbons (Fsp3) is 0.533. The highest BCUT2D eigenvalue weighted by Gasteiger charge is 2.25. The summed E-state index contributed by atoms with van der Waals surface area (Å²) in [4.78, 5) is 13.1. The van der Waals surface area contributed by atoms with Crippen molar-refractivity contribution in [2.75, 3.05) is 19.8 Å². The van der Waals surface area contributed by atoms with Gasteiger partial charge in [-0.3, -0.25) is 9.69 Å². The molecule has 1 aliphatic heterocycles. The summed E-state index contributed by atoms with van der Waals surface area (Å²) >= 11 is 0. The molecule has 1 aromatic rings. The van der Waals surface area contributed by atoms with E-state index in [1.54, 1.807) is 0 Å². The number of hydrogen-bond acceptors (Lipinski definition) is 3. The van der Waals surface area contributed by atoms with Gasteiger partial charge in [0.25, 0.3) is 0 Å². The second-order valence-corrected chi connectivity index (χ2v) is 5.29. The number of ether oxygens (including phenoxy) is 1. The minimum atomic E-state index is -0.763. The van der Waals surface area contributed by atoms with Crippen LogP contribution >= 0.6 is 0 Å². The number of carboxylic acids is 1. The van der Waals surface area contributed by atoms with E-state index in [1.807, 2.05) is 0 Å². The number of benzene rings is 1. The maximum Gasteiger partial charge on any atom is 0.305 e. The Kier molecular flexibility index (Phi) is 4.56. The Labute approximate surface area is 114 Å². The van der Waals surface area contributed by atoms with Crippen molar-refractivity contribution in [3.8, 4) is 0 Å². The van der Waals surface area contributed by atoms with Crippen molar-refractivity contribution in [3.05, 3.63) is 34.9 Å². The summed E-state index contributed by atoms with van der Waals surface area (Å²) in [5.74, 6) is -0.763. The molecule has 0 aromatic heterocycles. The van der Waals surface area contributed by atoms with Crippen LogP contribution in [-0.4, -0.2) is 41.8 Å². The number of rotatable bonds is 4. The molecule has 1 N–H and O–H groups in total. The van der Waals surface area contributed by atoms with E-state index in [4.69, 9.17) is 9.84 Å². The molecule has 1 atom stereocenters. The van der Waals surface area contributed by atoms with Crippen LogP contribution in [0.15, 0.2) is 18.2 Å². The third kappa shape index (κ3) is 4.04. The zero-order valence-electron chi connectivity index (χ0n) is 11.6. The van der Waals surface area contributed by atoms with Crippen molar-refractivity contribution < 1.29 is 14.6 Å². The Hall–Kier alpha value is -1.39. The Morgan fingerprint density at radius 1 is 1.37 bits per heavy atom. The van der Waals surface area contributed by atoms with Gasteiger partial charge >= 0.3 is 5.97 Å². The molecule has 104 valence electrons. The van der Waals surface area contributed by atoms with Crippen LogP contribution in [0.3, 0.4) is 0 Å². The van der Waals surface area contributed by atoms with Gasteiger partial charge in [0.05, 0.1) is 19.6 Å². The van der Waals surface area contributed by atoms with E-state index in [0.717, 1.165) is 13.1 Å². The van der Waals surface area contributed by atoms with Gasteiger partial charge < -0.3 is 9.84 Å². The van der Waals surface area contributed by atoms with Crippen LogP contribution in [0.25, 0.3) is 0 Å². The van der Waals surface area contributed by atoms with Crippen molar-refractivity contribution in [1.29, 1.82) is 0 Å². The lowest BCUT2D eigenvalue weighted by Crippen LogP contribution is -2.45. The van der Waals surface area contributed by atoms with Gasteiger partial charge in [-0.15, -0.1) is 0 Å². The van der Waals surface area contributed by atoms with Crippen molar-refractivity contribution in [2.45, 2.75) is 32.9 Å². The highest BCUT2D eigenvalue weighted by Crippen LogP contribution is 2.17. The molecule has 4 nitrogen and oxygen atoms in total. The number of hydrogen-bond donors (Lipinski definition) is 1. The van der Waals surface area contributed by atoms with Crippen LogP contribution in [0, 0.1) is 13.8 Å². The Morgan fingerprint density at radius 2 is 2.05 bits per heavy atom. The zero-order valence-corrected chi connectivity index (χ0v) is 11.6. The van der Waals surface area contributed by atoms with Gasteiger partial charge in [-0.1, -0.05) is 29.3 Å². The molecule has 0 saturated carbocycles. The minimum absolute atomic E-state index is 0.0212. The van der Waals surface area contributed by atoms with Gasteiger partial charge in [-0.2, -0.15) is 0 Å². The van der Waals surface area contributed by atoms with Crippen LogP contribution in [0.5, 0.6) is 0 Å². The monoisotopic (exact) mass is 263 g/mol. The van der Waals surface area contributed by atoms with Gasteiger partial charge in [0.15, 0.2) is 0 Å². The minimum Gasteiger partial charge on any atom is -0.481 e. The maximum atomic E-state index is 10.9. The number of morpholine rings is 1. The molecule has 19 heavy (non-hydrogen) atoms. The topological polar surface area (TPSA) is 49.8 Å². The molecule has 0 bridgehead atoms. The summed E-state index contributed by atoms with van der Waals surface area (Å²) in [5, 5.41) is 8.96. The normalized spacial score (nSPS) is 20.4. The molecule has 1 heterocycles. The molecule has 1 fully saturated rings. The standard InChI is InChI=1S/C15H21NO3/c1-11-5-12(2)7-13(6-11)9-16-3-4-19-10-14(16)8-15(17)18/h5-7,14H,3-4,8-10H2,1-2H3,(H,17,18). The van der Waals surface area contributed by atoms with Gasteiger partial charge in [0, 0.05) is 19.1 Å². The molecule has 0 aliphatic carbocycles. The lowest BCUT2D eigenvalue weighted by atomic mass is 10.1. The molecular formula is C15H21NO3. The molecule has 4 heteroatoms. The Bertz CT molecular complexity index is 438. The molecule has 0 amide bonds. The third-order valence-corrected chi connectivity index (χ3v) is 3.43. The van der Waals surface area contributed by atoms with Gasteiger partial charge in [0.1, 0.15) is 0 Å². The summed E-state index contributed by atoms with van der Waals surface area (Å²) < 4.78 is 5.39. The average molecular weight is 263 g/mol. The lowest BCUT2D eigenvalue weighted by molar-refractivity contribution is -0.140. The third-order valence-electron chi connectivity index (χ3n) is 3.43. The van der Waals surface area contributed by atoms with Crippen LogP contribution in [0.1, 0.15) is 23.1 Å². The van der Waals surface area contributed by atoms with E-state index >= 15 is 0 Å². The first-order valence-electron chi connectivity index (χ1n) is 6.65. The Morgan fingerprint density at radius 3 is 2.68 bits per heavy atom. The quantitative estimate of drug-likeness (QED) is 0.902. The number of aryl methyl sites for hydroxylation is 2. The number of carboxylic acid groups (broad SMARTS) is 1. The number of aliphatic carboxylic acids is 1. The first kappa shape index (κ1) is 14.0. The van der Waals surface area contributed by atoms with Gasteiger partial charge in [-0.05, 0) is 19.4 Å². The molecule has 2 rings (SSSR count).